The van der Waals surface area contributed by atoms with E-state index in [-0.39, 0.29) is 54.3 Å². The Bertz CT molecular complexity index is 1470. The number of nitrogens with two attached hydrogens (primary N) is 1. The van der Waals surface area contributed by atoms with Crippen LogP contribution in [0.2, 0.25) is 0 Å². The number of carboxylic acids is 1. The summed E-state index contributed by atoms with van der Waals surface area (Å²) in [5.74, 6) is 0.289. The molecule has 0 aliphatic carbocycles. The van der Waals surface area contributed by atoms with Crippen LogP contribution >= 0.6 is 23.5 Å². The molecule has 5 rings (SSSR count). The van der Waals surface area contributed by atoms with E-state index in [0.717, 1.165) is 31.4 Å². The Labute approximate surface area is 291 Å². The Morgan fingerprint density at radius 2 is 1.88 bits per heavy atom. The highest BCUT2D eigenvalue weighted by Gasteiger charge is 2.44. The second-order valence-corrected chi connectivity index (χ2v) is 14.9. The van der Waals surface area contributed by atoms with Crippen LogP contribution in [-0.2, 0) is 19.1 Å². The summed E-state index contributed by atoms with van der Waals surface area (Å²) in [6.45, 7) is 0.522. The number of rotatable bonds is 19. The van der Waals surface area contributed by atoms with Gasteiger partial charge in [0, 0.05) is 36.1 Å². The number of anilines is 1. The predicted octanol–water partition coefficient (Wildman–Crippen LogP) is 0.123. The average Bonchev–Trinajstić information content (AvgIpc) is 3.83. The highest BCUT2D eigenvalue weighted by molar-refractivity contribution is 8.00. The van der Waals surface area contributed by atoms with Crippen LogP contribution in [0.5, 0.6) is 0 Å². The number of nitrogens with one attached hydrogen (secondary N) is 4. The van der Waals surface area contributed by atoms with Gasteiger partial charge in [-0.05, 0) is 37.9 Å². The van der Waals surface area contributed by atoms with E-state index in [2.05, 4.69) is 36.2 Å². The van der Waals surface area contributed by atoms with Gasteiger partial charge in [-0.15, -0.1) is 0 Å². The van der Waals surface area contributed by atoms with E-state index in [1.54, 1.807) is 0 Å². The van der Waals surface area contributed by atoms with Crippen molar-refractivity contribution in [2.75, 3.05) is 29.5 Å². The van der Waals surface area contributed by atoms with Gasteiger partial charge in [0.05, 0.1) is 24.5 Å². The number of aliphatic carboxylic acids is 1. The molecule has 270 valence electrons. The van der Waals surface area contributed by atoms with Gasteiger partial charge >= 0.3 is 12.0 Å². The lowest BCUT2D eigenvalue weighted by Gasteiger charge is -2.17. The van der Waals surface area contributed by atoms with Crippen LogP contribution in [0, 0.1) is 0 Å². The summed E-state index contributed by atoms with van der Waals surface area (Å²) in [6.07, 6.45) is 4.09. The molecule has 0 saturated carbocycles. The minimum Gasteiger partial charge on any atom is -0.480 e. The molecule has 0 aromatic carbocycles. The molecular formula is C30H45N9O8S2. The Kier molecular flexibility index (Phi) is 13.2. The second kappa shape index (κ2) is 17.5. The fourth-order valence-corrected chi connectivity index (χ4v) is 8.88. The van der Waals surface area contributed by atoms with Gasteiger partial charge in [0.15, 0.2) is 17.7 Å². The lowest BCUT2D eigenvalue weighted by molar-refractivity contribution is -0.141. The van der Waals surface area contributed by atoms with E-state index in [1.165, 1.54) is 29.0 Å². The molecule has 19 heteroatoms. The first-order chi connectivity index (χ1) is 23.6. The number of nitrogens with zero attached hydrogens (tertiary/aromatic N) is 4. The third kappa shape index (κ3) is 9.65. The average molecular weight is 724 g/mol. The molecule has 2 aromatic rings. The van der Waals surface area contributed by atoms with Crippen LogP contribution in [-0.4, -0.2) is 124 Å². The van der Waals surface area contributed by atoms with Crippen LogP contribution in [0.3, 0.4) is 0 Å². The molecule has 1 unspecified atom stereocenters. The number of amides is 4. The zero-order valence-electron chi connectivity index (χ0n) is 27.0. The summed E-state index contributed by atoms with van der Waals surface area (Å²) in [5, 5.41) is 42.6. The third-order valence-electron chi connectivity index (χ3n) is 8.95. The summed E-state index contributed by atoms with van der Waals surface area (Å²) in [6, 6.07) is -0.759. The summed E-state index contributed by atoms with van der Waals surface area (Å²) < 4.78 is 7.40. The summed E-state index contributed by atoms with van der Waals surface area (Å²) >= 11 is 3.22. The fraction of sp³-hybridized carbons (Fsp3) is 0.700. The van der Waals surface area contributed by atoms with E-state index in [9.17, 15) is 34.5 Å². The molecule has 5 heterocycles. The Balaban J connectivity index is 0.899. The van der Waals surface area contributed by atoms with Crippen molar-refractivity contribution in [2.45, 2.75) is 106 Å². The number of hydrogen-bond donors (Lipinski definition) is 8. The van der Waals surface area contributed by atoms with Gasteiger partial charge in [0.2, 0.25) is 11.8 Å². The van der Waals surface area contributed by atoms with Crippen molar-refractivity contribution in [3.05, 3.63) is 12.7 Å². The highest BCUT2D eigenvalue weighted by Crippen LogP contribution is 2.34. The predicted molar refractivity (Wildman–Crippen MR) is 183 cm³/mol. The maximum absolute atomic E-state index is 12.4. The SMILES string of the molecule is Nc1ncnc2c1ncn2[C@@H]1O[C@H](CSCCC(NC(=O)CCCCCNC(=O)CCCC[C@H]2SC[C@H]3NC(=O)N[C@H]32)C(=O)O)[C@@H](O)[C@H]1O. The molecule has 0 radical (unpaired) electrons. The minimum atomic E-state index is -1.25. The van der Waals surface area contributed by atoms with E-state index < -0.39 is 36.6 Å². The molecule has 9 N–H and O–H groups in total. The minimum absolute atomic E-state index is 0.00481. The Morgan fingerprint density at radius 1 is 1.08 bits per heavy atom. The molecule has 4 amide bonds. The molecule has 17 nitrogen and oxygen atoms in total. The number of carbonyl (C=O) groups is 4. The van der Waals surface area contributed by atoms with E-state index >= 15 is 0 Å². The van der Waals surface area contributed by atoms with Crippen LogP contribution in [0.4, 0.5) is 10.6 Å². The number of urea groups is 1. The number of ether oxygens (including phenoxy) is 1. The standard InChI is InChI=1S/C30H45N9O8S2/c31-26-23-27(34-14-33-26)39(15-35-23)28-25(43)24(42)18(47-28)13-48-11-9-16(29(44)45)36-21(41)8-2-1-5-10-32-20(40)7-4-3-6-19-22-17(12-49-19)37-30(46)38-22/h14-19,22,24-25,28,42-43H,1-13H2,(H,32,40)(H,36,41)(H,44,45)(H2,31,33,34)(H2,37,38,46)/t16?,17-,18-,19-,22-,24-,25-,28-/m1/s1. The highest BCUT2D eigenvalue weighted by atomic mass is 32.2. The zero-order chi connectivity index (χ0) is 34.9. The van der Waals surface area contributed by atoms with Gasteiger partial charge in [0.25, 0.3) is 0 Å². The Morgan fingerprint density at radius 3 is 2.69 bits per heavy atom. The normalized spacial score (nSPS) is 26.7. The third-order valence-corrected chi connectivity index (χ3v) is 11.5. The van der Waals surface area contributed by atoms with Crippen molar-refractivity contribution in [3.63, 3.8) is 0 Å². The number of carboxylic acid groups (broad SMARTS) is 1. The lowest BCUT2D eigenvalue weighted by atomic mass is 10.0. The van der Waals surface area contributed by atoms with E-state index in [4.69, 9.17) is 10.5 Å². The van der Waals surface area contributed by atoms with Crippen molar-refractivity contribution in [1.82, 2.24) is 40.8 Å². The number of aliphatic hydroxyl groups is 2. The maximum Gasteiger partial charge on any atom is 0.326 e. The van der Waals surface area contributed by atoms with Crippen LogP contribution < -0.4 is 27.0 Å². The summed E-state index contributed by atoms with van der Waals surface area (Å²) in [5.41, 5.74) is 6.55. The number of aliphatic hydroxyl groups excluding tert-OH is 2. The van der Waals surface area contributed by atoms with E-state index in [0.29, 0.717) is 48.0 Å². The van der Waals surface area contributed by atoms with Crippen LogP contribution in [0.25, 0.3) is 11.2 Å². The van der Waals surface area contributed by atoms with Crippen molar-refractivity contribution in [3.8, 4) is 0 Å². The molecule has 3 aliphatic rings. The van der Waals surface area contributed by atoms with Gasteiger partial charge in [-0.1, -0.05) is 12.8 Å². The number of unbranched alkanes of at least 4 members (excludes halogenated alkanes) is 3. The maximum atomic E-state index is 12.4. The van der Waals surface area contributed by atoms with Gasteiger partial charge in [-0.2, -0.15) is 23.5 Å². The van der Waals surface area contributed by atoms with Crippen molar-refractivity contribution < 1.29 is 39.2 Å². The quantitative estimate of drug-likeness (QED) is 0.0708. The summed E-state index contributed by atoms with van der Waals surface area (Å²) in [7, 11) is 0. The zero-order valence-corrected chi connectivity index (χ0v) is 28.7. The van der Waals surface area contributed by atoms with Crippen molar-refractivity contribution in [1.29, 1.82) is 0 Å². The number of carbonyl (C=O) groups excluding carboxylic acids is 3. The molecule has 8 atom stereocenters. The number of nitrogen functional groups attached to an aromatic ring is 1. The largest absolute Gasteiger partial charge is 0.480 e. The first-order valence-corrected chi connectivity index (χ1v) is 18.8. The van der Waals surface area contributed by atoms with E-state index in [1.807, 2.05) is 11.8 Å². The monoisotopic (exact) mass is 723 g/mol. The van der Waals surface area contributed by atoms with Gasteiger partial charge < -0.3 is 47.1 Å². The molecule has 3 fully saturated rings. The fourth-order valence-electron chi connectivity index (χ4n) is 6.26. The van der Waals surface area contributed by atoms with Crippen LogP contribution in [0.1, 0.15) is 64.0 Å². The Hall–Kier alpha value is -3.39. The number of thioether (sulfide) groups is 2. The van der Waals surface area contributed by atoms with Gasteiger partial charge in [0.1, 0.15) is 30.1 Å². The van der Waals surface area contributed by atoms with Gasteiger partial charge in [-0.3, -0.25) is 14.2 Å². The molecule has 3 saturated heterocycles. The second-order valence-electron chi connectivity index (χ2n) is 12.5. The smallest absolute Gasteiger partial charge is 0.326 e. The van der Waals surface area contributed by atoms with Gasteiger partial charge in [-0.25, -0.2) is 24.5 Å². The number of hydrogen-bond acceptors (Lipinski definition) is 13. The molecule has 49 heavy (non-hydrogen) atoms. The molecular weight excluding hydrogens is 679 g/mol. The number of aromatic nitrogens is 4. The number of imidazole rings is 1. The first kappa shape index (κ1) is 36.9. The first-order valence-electron chi connectivity index (χ1n) is 16.6. The van der Waals surface area contributed by atoms with Crippen LogP contribution in [0.15, 0.2) is 12.7 Å². The lowest BCUT2D eigenvalue weighted by Crippen LogP contribution is -2.41. The summed E-state index contributed by atoms with van der Waals surface area (Å²) in [4.78, 5) is 60.1. The van der Waals surface area contributed by atoms with Crippen molar-refractivity contribution >= 4 is 64.3 Å². The molecule has 0 spiro atoms. The number of fused-ring (bicyclic) bond motifs is 2. The molecule has 3 aliphatic heterocycles. The van der Waals surface area contributed by atoms with Crippen molar-refractivity contribution in [2.24, 2.45) is 0 Å². The molecule has 0 bridgehead atoms. The topological polar surface area (TPSA) is 256 Å². The molecule has 2 aromatic heterocycles.